The minimum absolute atomic E-state index is 0.0217. The summed E-state index contributed by atoms with van der Waals surface area (Å²) in [4.78, 5) is 39.9. The highest BCUT2D eigenvalue weighted by Crippen LogP contribution is 2.32. The Kier molecular flexibility index (Phi) is 13.9. The van der Waals surface area contributed by atoms with E-state index in [2.05, 4.69) is 10.6 Å². The van der Waals surface area contributed by atoms with Gasteiger partial charge in [0.15, 0.2) is 5.76 Å². The summed E-state index contributed by atoms with van der Waals surface area (Å²) < 4.78 is 48.5. The number of ether oxygens (including phenoxy) is 3. The Labute approximate surface area is 320 Å². The topological polar surface area (TPSA) is 196 Å². The van der Waals surface area contributed by atoms with Crippen LogP contribution < -0.4 is 26.7 Å². The molecule has 0 saturated heterocycles. The second-order valence-electron chi connectivity index (χ2n) is 12.9. The lowest BCUT2D eigenvalue weighted by molar-refractivity contribution is -0.146. The van der Waals surface area contributed by atoms with E-state index >= 15 is 0 Å². The third-order valence-electron chi connectivity index (χ3n) is 9.29. The summed E-state index contributed by atoms with van der Waals surface area (Å²) in [5, 5.41) is 15.3. The first-order chi connectivity index (χ1) is 26.4. The Hall–Kier alpha value is -5.42. The van der Waals surface area contributed by atoms with Crippen molar-refractivity contribution in [2.24, 2.45) is 7.05 Å². The van der Waals surface area contributed by atoms with E-state index in [-0.39, 0.29) is 61.2 Å². The number of sulfonamides is 1. The maximum Gasteiger partial charge on any atom is 0.286 e. The normalized spacial score (nSPS) is 15.6. The lowest BCUT2D eigenvalue weighted by Gasteiger charge is -2.29. The van der Waals surface area contributed by atoms with Crippen molar-refractivity contribution in [1.82, 2.24) is 19.0 Å². The number of nitrogens with zero attached hydrogens (tertiary/aromatic N) is 3. The highest BCUT2D eigenvalue weighted by molar-refractivity contribution is 7.89. The second kappa shape index (κ2) is 18.8. The molecule has 0 spiro atoms. The zero-order valence-electron chi connectivity index (χ0n) is 31.1. The summed E-state index contributed by atoms with van der Waals surface area (Å²) in [6.07, 6.45) is 1.98. The molecule has 5 N–H and O–H groups in total. The molecule has 294 valence electrons. The lowest BCUT2D eigenvalue weighted by Crippen LogP contribution is -2.38. The van der Waals surface area contributed by atoms with Crippen LogP contribution in [0.2, 0.25) is 0 Å². The molecule has 1 aromatic heterocycles. The summed E-state index contributed by atoms with van der Waals surface area (Å²) in [7, 11) is -0.741. The molecular weight excluding hydrogens is 729 g/mol. The number of nitrogens with one attached hydrogen (secondary N) is 2. The van der Waals surface area contributed by atoms with E-state index in [4.69, 9.17) is 19.9 Å². The molecule has 0 fully saturated rings. The fraction of sp³-hybridized carbons (Fsp3) is 0.359. The number of aliphatic hydroxyl groups excluding tert-OH is 1. The van der Waals surface area contributed by atoms with Gasteiger partial charge in [-0.3, -0.25) is 19.1 Å². The molecule has 0 saturated carbocycles. The number of nitrogens with two attached hydrogens (primary N) is 1. The third-order valence-corrected chi connectivity index (χ3v) is 11.2. The predicted octanol–water partition coefficient (Wildman–Crippen LogP) is 3.41. The minimum Gasteiger partial charge on any atom is -0.497 e. The van der Waals surface area contributed by atoms with E-state index in [1.54, 1.807) is 46.8 Å². The number of carbonyl (C=O) groups is 2. The van der Waals surface area contributed by atoms with Gasteiger partial charge in [0.25, 0.3) is 11.5 Å². The van der Waals surface area contributed by atoms with Crippen LogP contribution in [-0.2, 0) is 36.1 Å². The summed E-state index contributed by atoms with van der Waals surface area (Å²) in [6, 6.07) is 22.1. The number of amides is 2. The average molecular weight is 777 g/mol. The molecule has 0 radical (unpaired) electrons. The van der Waals surface area contributed by atoms with Crippen molar-refractivity contribution in [3.63, 3.8) is 0 Å². The SMILES string of the molecule is COc1ccc(S(=O)(=O)N(CCO)CCO[C@H]2C[C@@H](c3c(C)n(C)n(-c4ccccc4)c3=O)C=C(C(=O)NCCCCC(=O)Nc3ccccc3N)O2)cc1. The van der Waals surface area contributed by atoms with Crippen molar-refractivity contribution in [2.45, 2.75) is 49.7 Å². The van der Waals surface area contributed by atoms with Crippen molar-refractivity contribution in [2.75, 3.05) is 51.0 Å². The standard InChI is InChI=1S/C39H48N6O9S/c1-27-37(39(49)45(43(27)2)29-11-5-4-6-12-29)28-25-34(38(48)41-20-10-9-15-35(47)42-33-14-8-7-13-32(33)40)54-36(26-28)53-24-22-44(21-23-46)55(50,51)31-18-16-30(52-3)17-19-31/h4-8,11-14,16-19,25,28,36,46H,9-10,15,20-24,26,40H2,1-3H3,(H,41,48)(H,42,47)/t28-,36+/m0/s1. The Balaban J connectivity index is 1.28. The summed E-state index contributed by atoms with van der Waals surface area (Å²) in [5.74, 6) is -0.867. The maximum atomic E-state index is 14.0. The number of carbonyl (C=O) groups excluding carboxylic acids is 2. The molecule has 3 aromatic carbocycles. The van der Waals surface area contributed by atoms with Crippen LogP contribution in [0.3, 0.4) is 0 Å². The summed E-state index contributed by atoms with van der Waals surface area (Å²) >= 11 is 0. The number of para-hydroxylation sites is 3. The van der Waals surface area contributed by atoms with Gasteiger partial charge in [-0.2, -0.15) is 4.31 Å². The van der Waals surface area contributed by atoms with Crippen LogP contribution in [0.1, 0.15) is 42.9 Å². The summed E-state index contributed by atoms with van der Waals surface area (Å²) in [6.45, 7) is 1.22. The van der Waals surface area contributed by atoms with Gasteiger partial charge in [0.05, 0.1) is 42.3 Å². The van der Waals surface area contributed by atoms with Crippen molar-refractivity contribution >= 4 is 33.2 Å². The molecule has 1 aliphatic rings. The molecule has 2 amide bonds. The molecular formula is C39H48N6O9S. The van der Waals surface area contributed by atoms with E-state index in [1.807, 2.05) is 37.3 Å². The smallest absolute Gasteiger partial charge is 0.286 e. The third kappa shape index (κ3) is 10.0. The molecule has 0 bridgehead atoms. The first kappa shape index (κ1) is 40.8. The molecule has 5 rings (SSSR count). The minimum atomic E-state index is -4.00. The first-order valence-electron chi connectivity index (χ1n) is 18.0. The largest absolute Gasteiger partial charge is 0.497 e. The van der Waals surface area contributed by atoms with Gasteiger partial charge in [0, 0.05) is 56.7 Å². The molecule has 1 aliphatic heterocycles. The van der Waals surface area contributed by atoms with Gasteiger partial charge in [0.2, 0.25) is 22.2 Å². The number of methoxy groups -OCH3 is 1. The molecule has 2 heterocycles. The number of benzene rings is 3. The molecule has 0 unspecified atom stereocenters. The number of hydrogen-bond acceptors (Lipinski definition) is 10. The van der Waals surface area contributed by atoms with E-state index in [0.717, 1.165) is 4.31 Å². The number of nitrogen functional groups attached to an aromatic ring is 1. The number of unbranched alkanes of at least 4 members (excludes halogenated alkanes) is 1. The molecule has 55 heavy (non-hydrogen) atoms. The van der Waals surface area contributed by atoms with Crippen LogP contribution in [0, 0.1) is 6.92 Å². The van der Waals surface area contributed by atoms with Crippen LogP contribution in [0.5, 0.6) is 5.75 Å². The molecule has 2 atom stereocenters. The zero-order valence-corrected chi connectivity index (χ0v) is 32.0. The Bertz CT molecular complexity index is 2130. The first-order valence-corrected chi connectivity index (χ1v) is 19.4. The number of allylic oxidation sites excluding steroid dienone is 1. The van der Waals surface area contributed by atoms with Crippen LogP contribution in [0.25, 0.3) is 5.69 Å². The van der Waals surface area contributed by atoms with Crippen molar-refractivity contribution in [3.05, 3.63) is 112 Å². The van der Waals surface area contributed by atoms with Gasteiger partial charge < -0.3 is 35.7 Å². The van der Waals surface area contributed by atoms with Gasteiger partial charge in [-0.1, -0.05) is 30.3 Å². The summed E-state index contributed by atoms with van der Waals surface area (Å²) in [5.41, 5.74) is 8.48. The Morgan fingerprint density at radius 2 is 1.73 bits per heavy atom. The molecule has 16 heteroatoms. The monoisotopic (exact) mass is 776 g/mol. The van der Waals surface area contributed by atoms with Gasteiger partial charge in [-0.15, -0.1) is 0 Å². The average Bonchev–Trinajstić information content (AvgIpc) is 3.41. The van der Waals surface area contributed by atoms with Gasteiger partial charge in [0.1, 0.15) is 5.75 Å². The highest BCUT2D eigenvalue weighted by Gasteiger charge is 2.33. The van der Waals surface area contributed by atoms with Crippen molar-refractivity contribution < 1.29 is 37.3 Å². The maximum absolute atomic E-state index is 14.0. The lowest BCUT2D eigenvalue weighted by atomic mass is 9.93. The van der Waals surface area contributed by atoms with Crippen LogP contribution in [-0.4, -0.2) is 85.3 Å². The Morgan fingerprint density at radius 3 is 2.42 bits per heavy atom. The molecule has 15 nitrogen and oxygen atoms in total. The van der Waals surface area contributed by atoms with Gasteiger partial charge in [-0.05, 0) is 74.4 Å². The van der Waals surface area contributed by atoms with E-state index in [1.165, 1.54) is 31.4 Å². The van der Waals surface area contributed by atoms with Crippen LogP contribution >= 0.6 is 0 Å². The van der Waals surface area contributed by atoms with E-state index in [0.29, 0.717) is 46.9 Å². The van der Waals surface area contributed by atoms with E-state index in [9.17, 15) is 27.9 Å². The highest BCUT2D eigenvalue weighted by atomic mass is 32.2. The van der Waals surface area contributed by atoms with Gasteiger partial charge in [-0.25, -0.2) is 13.1 Å². The molecule has 0 aliphatic carbocycles. The van der Waals surface area contributed by atoms with Crippen LogP contribution in [0.15, 0.2) is 100 Å². The number of rotatable bonds is 18. The fourth-order valence-electron chi connectivity index (χ4n) is 6.31. The zero-order chi connectivity index (χ0) is 39.5. The predicted molar refractivity (Wildman–Crippen MR) is 207 cm³/mol. The van der Waals surface area contributed by atoms with E-state index < -0.39 is 34.7 Å². The fourth-order valence-corrected chi connectivity index (χ4v) is 7.72. The quantitative estimate of drug-likeness (QED) is 0.0859. The van der Waals surface area contributed by atoms with Crippen LogP contribution in [0.4, 0.5) is 11.4 Å². The number of hydrogen-bond donors (Lipinski definition) is 4. The van der Waals surface area contributed by atoms with Gasteiger partial charge >= 0.3 is 0 Å². The number of anilines is 2. The number of aliphatic hydroxyl groups is 1. The van der Waals surface area contributed by atoms with Crippen molar-refractivity contribution in [1.29, 1.82) is 0 Å². The Morgan fingerprint density at radius 1 is 1.02 bits per heavy atom. The molecule has 4 aromatic rings. The number of aromatic nitrogens is 2. The second-order valence-corrected chi connectivity index (χ2v) is 14.9. The van der Waals surface area contributed by atoms with Crippen molar-refractivity contribution in [3.8, 4) is 11.4 Å².